The summed E-state index contributed by atoms with van der Waals surface area (Å²) in [6.45, 7) is 1.51. The number of rotatable bonds is 6. The van der Waals surface area contributed by atoms with Crippen LogP contribution in [0.3, 0.4) is 0 Å². The van der Waals surface area contributed by atoms with Crippen LogP contribution in [0, 0.1) is 11.3 Å². The third kappa shape index (κ3) is 4.29. The van der Waals surface area contributed by atoms with E-state index in [9.17, 15) is 9.90 Å². The molecule has 2 amide bonds. The largest absolute Gasteiger partial charge is 0.393 e. The number of hydrogen-bond acceptors (Lipinski definition) is 2. The Hall–Kier alpha value is -1.55. The normalized spacial score (nSPS) is 25.1. The maximum atomic E-state index is 12.4. The summed E-state index contributed by atoms with van der Waals surface area (Å²) in [7, 11) is 1.86. The summed E-state index contributed by atoms with van der Waals surface area (Å²) in [5.41, 5.74) is 1.58. The van der Waals surface area contributed by atoms with Crippen molar-refractivity contribution in [2.24, 2.45) is 11.3 Å². The lowest BCUT2D eigenvalue weighted by atomic mass is 9.80. The van der Waals surface area contributed by atoms with Gasteiger partial charge in [0.2, 0.25) is 0 Å². The molecule has 2 saturated carbocycles. The lowest BCUT2D eigenvalue weighted by Crippen LogP contribution is -2.46. The van der Waals surface area contributed by atoms with Crippen molar-refractivity contribution >= 4 is 6.03 Å². The lowest BCUT2D eigenvalue weighted by molar-refractivity contribution is 0.0323. The number of nitrogens with zero attached hydrogens (tertiary/aromatic N) is 1. The minimum atomic E-state index is -0.154. The fraction of sp³-hybridized carbons (Fsp3) is 0.650. The first-order valence-electron chi connectivity index (χ1n) is 9.27. The Bertz CT molecular complexity index is 534. The Kier molecular flexibility index (Phi) is 5.44. The second-order valence-corrected chi connectivity index (χ2v) is 7.90. The Balaban J connectivity index is 1.51. The Labute approximate surface area is 145 Å². The van der Waals surface area contributed by atoms with Crippen LogP contribution in [-0.2, 0) is 6.42 Å². The number of aliphatic hydroxyl groups is 1. The molecule has 2 fully saturated rings. The molecule has 0 spiro atoms. The van der Waals surface area contributed by atoms with Gasteiger partial charge >= 0.3 is 6.03 Å². The minimum absolute atomic E-state index is 0.0238. The molecule has 24 heavy (non-hydrogen) atoms. The quantitative estimate of drug-likeness (QED) is 0.841. The molecule has 4 nitrogen and oxygen atoms in total. The molecule has 0 bridgehead atoms. The van der Waals surface area contributed by atoms with E-state index in [1.54, 1.807) is 4.90 Å². The average molecular weight is 330 g/mol. The van der Waals surface area contributed by atoms with Crippen LogP contribution in [0.4, 0.5) is 4.79 Å². The van der Waals surface area contributed by atoms with E-state index in [1.807, 2.05) is 7.05 Å². The number of carbonyl (C=O) groups excluding carboxylic acids is 1. The van der Waals surface area contributed by atoms with Gasteiger partial charge in [-0.05, 0) is 49.0 Å². The molecule has 132 valence electrons. The third-order valence-corrected chi connectivity index (χ3v) is 5.79. The predicted molar refractivity (Wildman–Crippen MR) is 95.8 cm³/mol. The first kappa shape index (κ1) is 17.3. The van der Waals surface area contributed by atoms with Gasteiger partial charge in [0, 0.05) is 20.1 Å². The van der Waals surface area contributed by atoms with E-state index in [1.165, 1.54) is 31.2 Å². The summed E-state index contributed by atoms with van der Waals surface area (Å²) in [6.07, 6.45) is 7.47. The monoisotopic (exact) mass is 330 g/mol. The van der Waals surface area contributed by atoms with Crippen LogP contribution >= 0.6 is 0 Å². The van der Waals surface area contributed by atoms with Crippen LogP contribution in [-0.4, -0.2) is 42.3 Å². The van der Waals surface area contributed by atoms with Gasteiger partial charge in [-0.3, -0.25) is 0 Å². The number of carbonyl (C=O) groups is 1. The average Bonchev–Trinajstić information content (AvgIpc) is 3.01. The first-order valence-corrected chi connectivity index (χ1v) is 9.27. The molecule has 0 heterocycles. The van der Waals surface area contributed by atoms with Crippen molar-refractivity contribution in [1.82, 2.24) is 10.2 Å². The van der Waals surface area contributed by atoms with Gasteiger partial charge in [-0.15, -0.1) is 0 Å². The van der Waals surface area contributed by atoms with E-state index in [0.29, 0.717) is 5.92 Å². The van der Waals surface area contributed by atoms with Crippen LogP contribution in [0.2, 0.25) is 0 Å². The zero-order valence-corrected chi connectivity index (χ0v) is 14.7. The number of aliphatic hydroxyl groups excluding tert-OH is 1. The number of nitrogens with one attached hydrogen (secondary N) is 1. The topological polar surface area (TPSA) is 52.6 Å². The molecule has 0 atom stereocenters. The zero-order valence-electron chi connectivity index (χ0n) is 14.7. The molecular formula is C20H30N2O2. The molecule has 2 aliphatic carbocycles. The van der Waals surface area contributed by atoms with Gasteiger partial charge in [-0.1, -0.05) is 43.2 Å². The molecular weight excluding hydrogens is 300 g/mol. The van der Waals surface area contributed by atoms with Gasteiger partial charge in [0.1, 0.15) is 0 Å². The second kappa shape index (κ2) is 7.56. The van der Waals surface area contributed by atoms with Crippen molar-refractivity contribution in [3.63, 3.8) is 0 Å². The zero-order chi connectivity index (χ0) is 17.0. The highest BCUT2D eigenvalue weighted by Gasteiger charge is 2.35. The molecule has 2 aliphatic rings. The molecule has 0 saturated heterocycles. The van der Waals surface area contributed by atoms with Crippen molar-refractivity contribution in [3.05, 3.63) is 35.9 Å². The van der Waals surface area contributed by atoms with E-state index >= 15 is 0 Å². The predicted octanol–water partition coefficient (Wildman–Crippen LogP) is 3.20. The highest BCUT2D eigenvalue weighted by atomic mass is 16.3. The maximum Gasteiger partial charge on any atom is 0.317 e. The number of benzene rings is 1. The lowest BCUT2D eigenvalue weighted by Gasteiger charge is -2.35. The van der Waals surface area contributed by atoms with Crippen molar-refractivity contribution in [2.75, 3.05) is 20.1 Å². The molecule has 0 aromatic heterocycles. The molecule has 3 rings (SSSR count). The van der Waals surface area contributed by atoms with E-state index in [-0.39, 0.29) is 17.6 Å². The summed E-state index contributed by atoms with van der Waals surface area (Å²) in [5.74, 6) is 0.459. The van der Waals surface area contributed by atoms with Crippen LogP contribution in [0.1, 0.15) is 44.1 Å². The van der Waals surface area contributed by atoms with Crippen LogP contribution in [0.15, 0.2) is 30.3 Å². The Morgan fingerprint density at radius 3 is 2.54 bits per heavy atom. The highest BCUT2D eigenvalue weighted by Crippen LogP contribution is 2.40. The third-order valence-electron chi connectivity index (χ3n) is 5.79. The summed E-state index contributed by atoms with van der Waals surface area (Å²) >= 11 is 0. The molecule has 0 aliphatic heterocycles. The number of amides is 2. The first-order chi connectivity index (χ1) is 11.6. The van der Waals surface area contributed by atoms with E-state index in [4.69, 9.17) is 0 Å². The van der Waals surface area contributed by atoms with Crippen molar-refractivity contribution in [1.29, 1.82) is 0 Å². The fourth-order valence-corrected chi connectivity index (χ4v) is 4.29. The molecule has 0 radical (unpaired) electrons. The van der Waals surface area contributed by atoms with Gasteiger partial charge in [0.05, 0.1) is 6.10 Å². The van der Waals surface area contributed by atoms with Crippen LogP contribution < -0.4 is 5.32 Å². The molecule has 4 heteroatoms. The summed E-state index contributed by atoms with van der Waals surface area (Å²) in [4.78, 5) is 14.2. The van der Waals surface area contributed by atoms with E-state index < -0.39 is 0 Å². The Morgan fingerprint density at radius 1 is 1.25 bits per heavy atom. The van der Waals surface area contributed by atoms with Gasteiger partial charge in [-0.2, -0.15) is 0 Å². The number of hydrogen-bond donors (Lipinski definition) is 2. The summed E-state index contributed by atoms with van der Waals surface area (Å²) in [5, 5.41) is 12.5. The smallest absolute Gasteiger partial charge is 0.317 e. The summed E-state index contributed by atoms with van der Waals surface area (Å²) in [6, 6.07) is 10.6. The van der Waals surface area contributed by atoms with Crippen LogP contribution in [0.5, 0.6) is 0 Å². The number of urea groups is 1. The minimum Gasteiger partial charge on any atom is -0.393 e. The van der Waals surface area contributed by atoms with Crippen molar-refractivity contribution < 1.29 is 9.90 Å². The molecule has 1 aromatic carbocycles. The SMILES string of the molecule is CN(CC1CC(O)C1)C(=O)NCC1(Cc2ccccc2)CCCC1. The standard InChI is InChI=1S/C20H30N2O2/c1-22(14-17-11-18(23)12-17)19(24)21-15-20(9-5-6-10-20)13-16-7-3-2-4-8-16/h2-4,7-8,17-18,23H,5-6,9-15H2,1H3,(H,21,24). The van der Waals surface area contributed by atoms with Crippen LogP contribution in [0.25, 0.3) is 0 Å². The summed E-state index contributed by atoms with van der Waals surface area (Å²) < 4.78 is 0. The van der Waals surface area contributed by atoms with Crippen molar-refractivity contribution in [2.45, 2.75) is 51.0 Å². The fourth-order valence-electron chi connectivity index (χ4n) is 4.29. The molecule has 1 aromatic rings. The van der Waals surface area contributed by atoms with E-state index in [0.717, 1.165) is 32.4 Å². The molecule has 2 N–H and O–H groups in total. The van der Waals surface area contributed by atoms with E-state index in [2.05, 4.69) is 35.6 Å². The highest BCUT2D eigenvalue weighted by molar-refractivity contribution is 5.73. The Morgan fingerprint density at radius 2 is 1.92 bits per heavy atom. The van der Waals surface area contributed by atoms with Gasteiger partial charge in [-0.25, -0.2) is 4.79 Å². The van der Waals surface area contributed by atoms with Gasteiger partial charge in [0.25, 0.3) is 0 Å². The molecule has 0 unspecified atom stereocenters. The second-order valence-electron chi connectivity index (χ2n) is 7.90. The maximum absolute atomic E-state index is 12.4. The van der Waals surface area contributed by atoms with Gasteiger partial charge in [0.15, 0.2) is 0 Å². The van der Waals surface area contributed by atoms with Gasteiger partial charge < -0.3 is 15.3 Å². The van der Waals surface area contributed by atoms with Crippen molar-refractivity contribution in [3.8, 4) is 0 Å².